The molecule has 3 heteroatoms. The maximum Gasteiger partial charge on any atom is 0.123 e. The van der Waals surface area contributed by atoms with E-state index in [1.165, 1.54) is 23.3 Å². The first-order chi connectivity index (χ1) is 9.62. The Kier molecular flexibility index (Phi) is 3.35. The van der Waals surface area contributed by atoms with E-state index in [1.807, 2.05) is 12.1 Å². The van der Waals surface area contributed by atoms with E-state index < -0.39 is 5.41 Å². The zero-order chi connectivity index (χ0) is 14.2. The van der Waals surface area contributed by atoms with Crippen molar-refractivity contribution in [2.45, 2.75) is 19.3 Å². The van der Waals surface area contributed by atoms with Crippen LogP contribution in [0.3, 0.4) is 0 Å². The van der Waals surface area contributed by atoms with Gasteiger partial charge in [0.25, 0.3) is 0 Å². The first-order valence-corrected chi connectivity index (χ1v) is 7.33. The molecule has 0 atom stereocenters. The summed E-state index contributed by atoms with van der Waals surface area (Å²) in [6, 6.07) is 15.3. The Morgan fingerprint density at radius 2 is 1.80 bits per heavy atom. The molecule has 0 aromatic heterocycles. The summed E-state index contributed by atoms with van der Waals surface area (Å²) >= 11 is 3.45. The summed E-state index contributed by atoms with van der Waals surface area (Å²) in [5.41, 5.74) is 2.88. The molecule has 2 aromatic carbocycles. The minimum absolute atomic E-state index is 0.258. The summed E-state index contributed by atoms with van der Waals surface area (Å²) < 4.78 is 14.3. The first kappa shape index (κ1) is 13.3. The largest absolute Gasteiger partial charge is 0.207 e. The smallest absolute Gasteiger partial charge is 0.123 e. The zero-order valence-corrected chi connectivity index (χ0v) is 12.5. The number of hydrogen-bond acceptors (Lipinski definition) is 1. The lowest BCUT2D eigenvalue weighted by atomic mass is 9.80. The van der Waals surface area contributed by atoms with Gasteiger partial charge in [0.15, 0.2) is 0 Å². The van der Waals surface area contributed by atoms with Crippen molar-refractivity contribution < 1.29 is 4.39 Å². The molecule has 2 aromatic rings. The molecular formula is C17H13BrFN. The highest BCUT2D eigenvalue weighted by Gasteiger charge is 2.37. The Bertz CT molecular complexity index is 677. The highest BCUT2D eigenvalue weighted by atomic mass is 79.9. The van der Waals surface area contributed by atoms with E-state index in [0.29, 0.717) is 6.42 Å². The van der Waals surface area contributed by atoms with Gasteiger partial charge in [-0.3, -0.25) is 0 Å². The molecule has 0 unspecified atom stereocenters. The van der Waals surface area contributed by atoms with Crippen LogP contribution in [-0.2, 0) is 19.3 Å². The maximum absolute atomic E-state index is 13.4. The van der Waals surface area contributed by atoms with Gasteiger partial charge in [0.1, 0.15) is 5.82 Å². The van der Waals surface area contributed by atoms with Crippen molar-refractivity contribution in [3.63, 3.8) is 0 Å². The summed E-state index contributed by atoms with van der Waals surface area (Å²) in [7, 11) is 0. The Labute approximate surface area is 126 Å². The van der Waals surface area contributed by atoms with Gasteiger partial charge in [0.05, 0.1) is 11.5 Å². The van der Waals surface area contributed by atoms with Crippen molar-refractivity contribution in [1.29, 1.82) is 5.26 Å². The van der Waals surface area contributed by atoms with Crippen molar-refractivity contribution in [3.05, 3.63) is 69.4 Å². The molecule has 0 aliphatic heterocycles. The Morgan fingerprint density at radius 3 is 2.40 bits per heavy atom. The fraction of sp³-hybridized carbons (Fsp3) is 0.235. The van der Waals surface area contributed by atoms with Crippen molar-refractivity contribution in [2.75, 3.05) is 0 Å². The van der Waals surface area contributed by atoms with Gasteiger partial charge < -0.3 is 0 Å². The van der Waals surface area contributed by atoms with E-state index in [0.717, 1.165) is 22.9 Å². The van der Waals surface area contributed by atoms with Crippen LogP contribution >= 0.6 is 15.9 Å². The van der Waals surface area contributed by atoms with E-state index in [4.69, 9.17) is 0 Å². The quantitative estimate of drug-likeness (QED) is 0.799. The molecule has 0 N–H and O–H groups in total. The third-order valence-corrected chi connectivity index (χ3v) is 4.72. The molecule has 0 spiro atoms. The van der Waals surface area contributed by atoms with Gasteiger partial charge >= 0.3 is 0 Å². The molecule has 0 fully saturated rings. The second-order valence-corrected chi connectivity index (χ2v) is 6.28. The standard InChI is InChI=1S/C17H13BrFN/c18-16-6-5-15(19)7-14(16)10-17(11-20)8-12-3-1-2-4-13(12)9-17/h1-7H,8-10H2. The van der Waals surface area contributed by atoms with Gasteiger partial charge in [-0.15, -0.1) is 0 Å². The molecule has 0 saturated heterocycles. The number of fused-ring (bicyclic) bond motifs is 1. The van der Waals surface area contributed by atoms with Crippen LogP contribution in [0.1, 0.15) is 16.7 Å². The lowest BCUT2D eigenvalue weighted by Crippen LogP contribution is -2.22. The Balaban J connectivity index is 1.94. The first-order valence-electron chi connectivity index (χ1n) is 6.54. The van der Waals surface area contributed by atoms with Gasteiger partial charge in [-0.25, -0.2) is 4.39 Å². The fourth-order valence-corrected chi connectivity index (χ4v) is 3.37. The third kappa shape index (κ3) is 2.36. The summed E-state index contributed by atoms with van der Waals surface area (Å²) in [4.78, 5) is 0. The van der Waals surface area contributed by atoms with Gasteiger partial charge in [-0.05, 0) is 54.2 Å². The second-order valence-electron chi connectivity index (χ2n) is 5.43. The predicted molar refractivity (Wildman–Crippen MR) is 79.7 cm³/mol. The van der Waals surface area contributed by atoms with E-state index in [9.17, 15) is 9.65 Å². The Hall–Kier alpha value is -1.66. The molecule has 100 valence electrons. The lowest BCUT2D eigenvalue weighted by molar-refractivity contribution is 0.416. The lowest BCUT2D eigenvalue weighted by Gasteiger charge is -2.21. The van der Waals surface area contributed by atoms with Crippen LogP contribution in [0.25, 0.3) is 0 Å². The molecule has 1 aliphatic carbocycles. The minimum atomic E-state index is -0.458. The number of rotatable bonds is 2. The van der Waals surface area contributed by atoms with Crippen LogP contribution in [0.15, 0.2) is 46.9 Å². The normalized spacial score (nSPS) is 15.7. The van der Waals surface area contributed by atoms with E-state index in [1.54, 1.807) is 6.07 Å². The van der Waals surface area contributed by atoms with Gasteiger partial charge in [-0.1, -0.05) is 40.2 Å². The van der Waals surface area contributed by atoms with Crippen LogP contribution in [0.4, 0.5) is 4.39 Å². The maximum atomic E-state index is 13.4. The highest BCUT2D eigenvalue weighted by Crippen LogP contribution is 2.40. The Morgan fingerprint density at radius 1 is 1.15 bits per heavy atom. The number of halogens is 2. The van der Waals surface area contributed by atoms with E-state index in [2.05, 4.69) is 34.1 Å². The van der Waals surface area contributed by atoms with Crippen LogP contribution in [0.2, 0.25) is 0 Å². The molecule has 1 nitrogen and oxygen atoms in total. The summed E-state index contributed by atoms with van der Waals surface area (Å²) in [5, 5.41) is 9.65. The van der Waals surface area contributed by atoms with Gasteiger partial charge in [-0.2, -0.15) is 5.26 Å². The summed E-state index contributed by atoms with van der Waals surface area (Å²) in [6.07, 6.45) is 2.04. The summed E-state index contributed by atoms with van der Waals surface area (Å²) in [6.45, 7) is 0. The molecule has 20 heavy (non-hydrogen) atoms. The molecule has 3 rings (SSSR count). The van der Waals surface area contributed by atoms with Crippen molar-refractivity contribution >= 4 is 15.9 Å². The minimum Gasteiger partial charge on any atom is -0.207 e. The molecule has 0 amide bonds. The van der Waals surface area contributed by atoms with Crippen LogP contribution < -0.4 is 0 Å². The fourth-order valence-electron chi connectivity index (χ4n) is 2.98. The molecule has 0 bridgehead atoms. The van der Waals surface area contributed by atoms with Gasteiger partial charge in [0.2, 0.25) is 0 Å². The topological polar surface area (TPSA) is 23.8 Å². The number of benzene rings is 2. The second kappa shape index (κ2) is 5.03. The number of nitrogens with zero attached hydrogens (tertiary/aromatic N) is 1. The number of nitriles is 1. The van der Waals surface area contributed by atoms with E-state index >= 15 is 0 Å². The SMILES string of the molecule is N#CC1(Cc2cc(F)ccc2Br)Cc2ccccc2C1. The third-order valence-electron chi connectivity index (χ3n) is 3.95. The molecule has 0 radical (unpaired) electrons. The van der Waals surface area contributed by atoms with Crippen molar-refractivity contribution in [1.82, 2.24) is 0 Å². The molecule has 1 aliphatic rings. The molecule has 0 saturated carbocycles. The predicted octanol–water partition coefficient (Wildman–Crippen LogP) is 4.44. The molecule has 0 heterocycles. The average molecular weight is 330 g/mol. The monoisotopic (exact) mass is 329 g/mol. The van der Waals surface area contributed by atoms with Crippen molar-refractivity contribution in [2.24, 2.45) is 5.41 Å². The average Bonchev–Trinajstić information content (AvgIpc) is 2.81. The highest BCUT2D eigenvalue weighted by molar-refractivity contribution is 9.10. The van der Waals surface area contributed by atoms with Crippen LogP contribution in [0.5, 0.6) is 0 Å². The summed E-state index contributed by atoms with van der Waals surface area (Å²) in [5.74, 6) is -0.258. The zero-order valence-electron chi connectivity index (χ0n) is 10.9. The van der Waals surface area contributed by atoms with Crippen LogP contribution in [0, 0.1) is 22.6 Å². The molecular weight excluding hydrogens is 317 g/mol. The van der Waals surface area contributed by atoms with E-state index in [-0.39, 0.29) is 5.82 Å². The van der Waals surface area contributed by atoms with Gasteiger partial charge in [0, 0.05) is 4.47 Å². The number of hydrogen-bond donors (Lipinski definition) is 0. The van der Waals surface area contributed by atoms with Crippen molar-refractivity contribution in [3.8, 4) is 6.07 Å². The van der Waals surface area contributed by atoms with Crippen LogP contribution in [-0.4, -0.2) is 0 Å².